The van der Waals surface area contributed by atoms with Crippen LogP contribution in [0.2, 0.25) is 5.02 Å². The summed E-state index contributed by atoms with van der Waals surface area (Å²) in [5.41, 5.74) is 1.43. The first-order chi connectivity index (χ1) is 15.5. The number of rotatable bonds is 4. The Hall–Kier alpha value is -3.14. The van der Waals surface area contributed by atoms with Crippen LogP contribution in [-0.2, 0) is 11.0 Å². The molecule has 0 saturated carbocycles. The van der Waals surface area contributed by atoms with Gasteiger partial charge in [0.2, 0.25) is 0 Å². The van der Waals surface area contributed by atoms with E-state index in [0.717, 1.165) is 10.3 Å². The molecule has 1 fully saturated rings. The van der Waals surface area contributed by atoms with E-state index in [1.807, 2.05) is 19.9 Å². The number of anilines is 1. The number of carbonyl (C=O) groups excluding carboxylic acids is 1. The Kier molecular flexibility index (Phi) is 5.81. The van der Waals surface area contributed by atoms with Gasteiger partial charge in [0, 0.05) is 6.54 Å². The van der Waals surface area contributed by atoms with Crippen molar-refractivity contribution in [2.45, 2.75) is 39.4 Å². The van der Waals surface area contributed by atoms with E-state index in [0.29, 0.717) is 17.1 Å². The molecule has 4 rings (SSSR count). The smallest absolute Gasteiger partial charge is 0.307 e. The number of hydrogen-bond donors (Lipinski definition) is 0. The van der Waals surface area contributed by atoms with E-state index in [1.54, 1.807) is 16.8 Å². The number of halogens is 5. The van der Waals surface area contributed by atoms with Crippen LogP contribution in [0.25, 0.3) is 11.3 Å². The number of carbonyl (C=O) groups is 1. The molecule has 0 N–H and O–H groups in total. The van der Waals surface area contributed by atoms with Gasteiger partial charge in [0.05, 0.1) is 34.0 Å². The van der Waals surface area contributed by atoms with Gasteiger partial charge < -0.3 is 4.90 Å². The first kappa shape index (κ1) is 23.0. The first-order valence-corrected chi connectivity index (χ1v) is 10.5. The Balaban J connectivity index is 1.74. The minimum absolute atomic E-state index is 0.0797. The second kappa shape index (κ2) is 8.33. The Morgan fingerprint density at radius 1 is 1.24 bits per heavy atom. The minimum Gasteiger partial charge on any atom is -0.307 e. The monoisotopic (exact) mass is 481 g/mol. The molecule has 3 heterocycles. The third kappa shape index (κ3) is 3.92. The van der Waals surface area contributed by atoms with Crippen molar-refractivity contribution < 1.29 is 22.4 Å². The lowest BCUT2D eigenvalue weighted by Gasteiger charge is -2.19. The van der Waals surface area contributed by atoms with Crippen LogP contribution in [0.3, 0.4) is 0 Å². The van der Waals surface area contributed by atoms with Gasteiger partial charge in [0.1, 0.15) is 11.9 Å². The second-order valence-corrected chi connectivity index (χ2v) is 8.10. The summed E-state index contributed by atoms with van der Waals surface area (Å²) in [7, 11) is 0. The summed E-state index contributed by atoms with van der Waals surface area (Å²) in [6, 6.07) is 4.84. The van der Waals surface area contributed by atoms with E-state index in [4.69, 9.17) is 11.6 Å². The van der Waals surface area contributed by atoms with Crippen molar-refractivity contribution in [3.05, 3.63) is 64.5 Å². The average molecular weight is 482 g/mol. The van der Waals surface area contributed by atoms with E-state index in [9.17, 15) is 22.4 Å². The number of amides is 1. The Bertz CT molecular complexity index is 1240. The molecule has 1 unspecified atom stereocenters. The maximum absolute atomic E-state index is 13.4. The fourth-order valence-electron chi connectivity index (χ4n) is 3.94. The van der Waals surface area contributed by atoms with E-state index in [2.05, 4.69) is 10.2 Å². The highest BCUT2D eigenvalue weighted by Gasteiger charge is 2.42. The number of aromatic nitrogens is 4. The Morgan fingerprint density at radius 3 is 2.48 bits per heavy atom. The molecule has 1 atom stereocenters. The number of benzene rings is 1. The van der Waals surface area contributed by atoms with Gasteiger partial charge in [0.25, 0.3) is 5.91 Å². The summed E-state index contributed by atoms with van der Waals surface area (Å²) in [6.45, 7) is 5.36. The lowest BCUT2D eigenvalue weighted by molar-refractivity contribution is -0.141. The second-order valence-electron chi connectivity index (χ2n) is 7.72. The number of allylic oxidation sites excluding steroid dienone is 2. The minimum atomic E-state index is -4.72. The number of alkyl halides is 3. The molecule has 0 bridgehead atoms. The van der Waals surface area contributed by atoms with E-state index < -0.39 is 28.8 Å². The van der Waals surface area contributed by atoms with Gasteiger partial charge in [0.15, 0.2) is 5.69 Å². The third-order valence-corrected chi connectivity index (χ3v) is 6.19. The van der Waals surface area contributed by atoms with Gasteiger partial charge in [-0.3, -0.25) is 9.48 Å². The SMILES string of the molecule is C/C=C(\C)c1c(N2CCC(n3nc(C(F)(F)F)c(Cl)c3C)C2=O)cnn1-c1ccc(F)cc1. The summed E-state index contributed by atoms with van der Waals surface area (Å²) >= 11 is 5.87. The van der Waals surface area contributed by atoms with Crippen LogP contribution < -0.4 is 4.90 Å². The van der Waals surface area contributed by atoms with Gasteiger partial charge in [-0.25, -0.2) is 9.07 Å². The third-order valence-electron chi connectivity index (χ3n) is 5.74. The van der Waals surface area contributed by atoms with Crippen LogP contribution in [0, 0.1) is 12.7 Å². The molecule has 1 saturated heterocycles. The normalized spacial score (nSPS) is 17.3. The molecule has 2 aromatic heterocycles. The molecule has 1 aliphatic heterocycles. The fourth-order valence-corrected chi connectivity index (χ4v) is 4.17. The summed E-state index contributed by atoms with van der Waals surface area (Å²) < 4.78 is 55.8. The van der Waals surface area contributed by atoms with Crippen LogP contribution >= 0.6 is 11.6 Å². The molecule has 3 aromatic rings. The number of hydrogen-bond acceptors (Lipinski definition) is 3. The average Bonchev–Trinajstić information content (AvgIpc) is 3.44. The first-order valence-electron chi connectivity index (χ1n) is 10.1. The standard InChI is InChI=1S/C22H20ClF4N5O/c1-4-12(2)19-17(11-28-32(19)15-7-5-14(24)6-8-15)30-10-9-16(21(30)33)31-13(3)18(23)20(29-31)22(25,26)27/h4-8,11,16H,9-10H2,1-3H3/b12-4+. The molecule has 0 spiro atoms. The summed E-state index contributed by atoms with van der Waals surface area (Å²) in [6.07, 6.45) is -1.09. The lowest BCUT2D eigenvalue weighted by atomic mass is 10.1. The summed E-state index contributed by atoms with van der Waals surface area (Å²) in [5.74, 6) is -0.797. The molecule has 0 aliphatic carbocycles. The molecular weight excluding hydrogens is 462 g/mol. The van der Waals surface area contributed by atoms with Crippen molar-refractivity contribution in [3.63, 3.8) is 0 Å². The highest BCUT2D eigenvalue weighted by molar-refractivity contribution is 6.32. The van der Waals surface area contributed by atoms with E-state index in [1.165, 1.54) is 30.2 Å². The quantitative estimate of drug-likeness (QED) is 0.456. The molecule has 1 aliphatic rings. The zero-order valence-electron chi connectivity index (χ0n) is 18.0. The van der Waals surface area contributed by atoms with Crippen molar-refractivity contribution in [1.29, 1.82) is 0 Å². The van der Waals surface area contributed by atoms with Crippen LogP contribution in [-0.4, -0.2) is 32.0 Å². The highest BCUT2D eigenvalue weighted by Crippen LogP contribution is 2.39. The molecule has 33 heavy (non-hydrogen) atoms. The maximum Gasteiger partial charge on any atom is 0.436 e. The molecule has 6 nitrogen and oxygen atoms in total. The zero-order valence-corrected chi connectivity index (χ0v) is 18.7. The van der Waals surface area contributed by atoms with Gasteiger partial charge in [-0.15, -0.1) is 0 Å². The van der Waals surface area contributed by atoms with Crippen LogP contribution in [0.5, 0.6) is 0 Å². The molecule has 11 heteroatoms. The van der Waals surface area contributed by atoms with Crippen LogP contribution in [0.1, 0.15) is 43.4 Å². The topological polar surface area (TPSA) is 56.0 Å². The molecule has 1 aromatic carbocycles. The summed E-state index contributed by atoms with van der Waals surface area (Å²) in [4.78, 5) is 14.8. The molecule has 1 amide bonds. The van der Waals surface area contributed by atoms with Gasteiger partial charge in [-0.2, -0.15) is 23.4 Å². The van der Waals surface area contributed by atoms with Crippen LogP contribution in [0.4, 0.5) is 23.2 Å². The van der Waals surface area contributed by atoms with E-state index in [-0.39, 0.29) is 24.5 Å². The predicted octanol–water partition coefficient (Wildman–Crippen LogP) is 5.59. The van der Waals surface area contributed by atoms with E-state index >= 15 is 0 Å². The predicted molar refractivity (Wildman–Crippen MR) is 116 cm³/mol. The lowest BCUT2D eigenvalue weighted by Crippen LogP contribution is -2.29. The maximum atomic E-state index is 13.4. The van der Waals surface area contributed by atoms with Crippen molar-refractivity contribution in [3.8, 4) is 5.69 Å². The fraction of sp³-hybridized carbons (Fsp3) is 0.318. The summed E-state index contributed by atoms with van der Waals surface area (Å²) in [5, 5.41) is 7.51. The zero-order chi connectivity index (χ0) is 24.1. The highest BCUT2D eigenvalue weighted by atomic mass is 35.5. The number of nitrogens with zero attached hydrogens (tertiary/aromatic N) is 5. The van der Waals surface area contributed by atoms with Crippen molar-refractivity contribution in [1.82, 2.24) is 19.6 Å². The van der Waals surface area contributed by atoms with Gasteiger partial charge in [-0.05, 0) is 57.0 Å². The van der Waals surface area contributed by atoms with Crippen molar-refractivity contribution in [2.24, 2.45) is 0 Å². The molecular formula is C22H20ClF4N5O. The van der Waals surface area contributed by atoms with Crippen molar-refractivity contribution in [2.75, 3.05) is 11.4 Å². The Morgan fingerprint density at radius 2 is 1.91 bits per heavy atom. The van der Waals surface area contributed by atoms with Crippen molar-refractivity contribution >= 4 is 28.8 Å². The largest absolute Gasteiger partial charge is 0.436 e. The molecule has 174 valence electrons. The van der Waals surface area contributed by atoms with Gasteiger partial charge in [-0.1, -0.05) is 17.7 Å². The van der Waals surface area contributed by atoms with Crippen LogP contribution in [0.15, 0.2) is 36.5 Å². The molecule has 0 radical (unpaired) electrons. The Labute approximate surface area is 192 Å². The van der Waals surface area contributed by atoms with Gasteiger partial charge >= 0.3 is 6.18 Å².